The molecule has 1 aromatic carbocycles. The van der Waals surface area contributed by atoms with Gasteiger partial charge in [0.15, 0.2) is 0 Å². The Balaban J connectivity index is 2.57. The second-order valence-electron chi connectivity index (χ2n) is 3.87. The number of para-hydroxylation sites is 1. The number of halogens is 1. The van der Waals surface area contributed by atoms with E-state index in [1.807, 2.05) is 0 Å². The summed E-state index contributed by atoms with van der Waals surface area (Å²) in [5, 5.41) is 13.4. The number of nitrogens with zero attached hydrogens (tertiary/aromatic N) is 1. The van der Waals surface area contributed by atoms with Crippen molar-refractivity contribution in [2.45, 2.75) is 11.2 Å². The van der Waals surface area contributed by atoms with Crippen molar-refractivity contribution in [3.05, 3.63) is 39.9 Å². The normalized spacial score (nSPS) is 11.9. The second-order valence-corrected chi connectivity index (χ2v) is 5.17. The van der Waals surface area contributed by atoms with E-state index in [0.717, 1.165) is 0 Å². The molecule has 0 saturated heterocycles. The van der Waals surface area contributed by atoms with Crippen molar-refractivity contribution in [2.75, 3.05) is 20.3 Å². The second kappa shape index (κ2) is 7.85. The average Bonchev–Trinajstić information content (AvgIpc) is 2.38. The minimum absolute atomic E-state index is 0.0744. The van der Waals surface area contributed by atoms with E-state index in [0.29, 0.717) is 19.6 Å². The molecule has 0 fully saturated rings. The number of nitro benzene ring substituents is 1. The van der Waals surface area contributed by atoms with Crippen LogP contribution in [0.1, 0.15) is 16.8 Å². The number of benzene rings is 1. The van der Waals surface area contributed by atoms with E-state index in [1.54, 1.807) is 13.2 Å². The number of ether oxygens (including phenoxy) is 1. The molecule has 6 nitrogen and oxygen atoms in total. The van der Waals surface area contributed by atoms with Gasteiger partial charge >= 0.3 is 0 Å². The van der Waals surface area contributed by atoms with E-state index in [9.17, 15) is 14.9 Å². The number of nitrogens with one attached hydrogen (secondary N) is 1. The maximum absolute atomic E-state index is 11.8. The Morgan fingerprint density at radius 3 is 2.84 bits per heavy atom. The summed E-state index contributed by atoms with van der Waals surface area (Å²) in [5.41, 5.74) is -0.113. The number of rotatable bonds is 7. The molecule has 0 aromatic heterocycles. The van der Waals surface area contributed by atoms with Gasteiger partial charge in [-0.3, -0.25) is 14.9 Å². The number of methoxy groups -OCH3 is 1. The van der Waals surface area contributed by atoms with Crippen LogP contribution >= 0.6 is 15.9 Å². The van der Waals surface area contributed by atoms with Crippen LogP contribution in [0.5, 0.6) is 0 Å². The van der Waals surface area contributed by atoms with E-state index >= 15 is 0 Å². The zero-order chi connectivity index (χ0) is 14.3. The minimum Gasteiger partial charge on any atom is -0.384 e. The summed E-state index contributed by atoms with van der Waals surface area (Å²) in [6.07, 6.45) is 0.681. The highest BCUT2D eigenvalue weighted by Crippen LogP contribution is 2.17. The molecule has 1 rings (SSSR count). The van der Waals surface area contributed by atoms with Gasteiger partial charge in [-0.2, -0.15) is 0 Å². The monoisotopic (exact) mass is 330 g/mol. The minimum atomic E-state index is -0.562. The zero-order valence-electron chi connectivity index (χ0n) is 10.5. The number of nitro groups is 1. The van der Waals surface area contributed by atoms with Crippen LogP contribution in [0.4, 0.5) is 5.69 Å². The molecule has 7 heteroatoms. The summed E-state index contributed by atoms with van der Waals surface area (Å²) in [4.78, 5) is 22.2. The van der Waals surface area contributed by atoms with Crippen molar-refractivity contribution in [2.24, 2.45) is 0 Å². The standard InChI is InChI=1S/C12H15BrN2O4/c1-19-8-9(13)6-7-14-12(16)10-4-2-3-5-11(10)15(17)18/h2-5,9H,6-8H2,1H3,(H,14,16). The zero-order valence-corrected chi connectivity index (χ0v) is 12.1. The molecule has 1 unspecified atom stereocenters. The van der Waals surface area contributed by atoms with Crippen molar-refractivity contribution in [1.29, 1.82) is 0 Å². The van der Waals surface area contributed by atoms with Gasteiger partial charge in [-0.05, 0) is 12.5 Å². The molecule has 0 saturated carbocycles. The lowest BCUT2D eigenvalue weighted by Crippen LogP contribution is -2.27. The van der Waals surface area contributed by atoms with E-state index in [1.165, 1.54) is 18.2 Å². The highest BCUT2D eigenvalue weighted by atomic mass is 79.9. The van der Waals surface area contributed by atoms with Gasteiger partial charge in [-0.1, -0.05) is 28.1 Å². The fraction of sp³-hybridized carbons (Fsp3) is 0.417. The van der Waals surface area contributed by atoms with Crippen molar-refractivity contribution in [3.8, 4) is 0 Å². The molecule has 1 N–H and O–H groups in total. The molecular formula is C12H15BrN2O4. The molecule has 0 aliphatic heterocycles. The van der Waals surface area contributed by atoms with Crippen LogP contribution in [-0.2, 0) is 4.74 Å². The highest BCUT2D eigenvalue weighted by molar-refractivity contribution is 9.09. The van der Waals surface area contributed by atoms with Crippen LogP contribution in [0, 0.1) is 10.1 Å². The lowest BCUT2D eigenvalue weighted by atomic mass is 10.1. The van der Waals surface area contributed by atoms with Crippen LogP contribution in [0.3, 0.4) is 0 Å². The van der Waals surface area contributed by atoms with Gasteiger partial charge in [0.25, 0.3) is 11.6 Å². The molecule has 0 aliphatic carbocycles. The van der Waals surface area contributed by atoms with Gasteiger partial charge in [0.2, 0.25) is 0 Å². The summed E-state index contributed by atoms with van der Waals surface area (Å²) in [7, 11) is 1.60. The SMILES string of the molecule is COCC(Br)CCNC(=O)c1ccccc1[N+](=O)[O-]. The van der Waals surface area contributed by atoms with Gasteiger partial charge in [0, 0.05) is 24.5 Å². The third-order valence-corrected chi connectivity index (χ3v) is 3.16. The van der Waals surface area contributed by atoms with Gasteiger partial charge in [-0.25, -0.2) is 0 Å². The Labute approximate surface area is 119 Å². The number of hydrogen-bond acceptors (Lipinski definition) is 4. The average molecular weight is 331 g/mol. The smallest absolute Gasteiger partial charge is 0.282 e. The number of amides is 1. The lowest BCUT2D eigenvalue weighted by molar-refractivity contribution is -0.385. The summed E-state index contributed by atoms with van der Waals surface area (Å²) >= 11 is 3.40. The number of hydrogen-bond donors (Lipinski definition) is 1. The maximum Gasteiger partial charge on any atom is 0.282 e. The van der Waals surface area contributed by atoms with E-state index in [-0.39, 0.29) is 16.1 Å². The predicted octanol–water partition coefficient (Wildman–Crippen LogP) is 2.12. The largest absolute Gasteiger partial charge is 0.384 e. The van der Waals surface area contributed by atoms with E-state index in [2.05, 4.69) is 21.2 Å². The summed E-state index contributed by atoms with van der Waals surface area (Å²) in [6, 6.07) is 5.88. The summed E-state index contributed by atoms with van der Waals surface area (Å²) < 4.78 is 4.95. The van der Waals surface area contributed by atoms with Crippen LogP contribution in [0.15, 0.2) is 24.3 Å². The Kier molecular flexibility index (Phi) is 6.44. The molecule has 1 amide bonds. The topological polar surface area (TPSA) is 81.5 Å². The molecular weight excluding hydrogens is 316 g/mol. The van der Waals surface area contributed by atoms with Crippen molar-refractivity contribution >= 4 is 27.5 Å². The summed E-state index contributed by atoms with van der Waals surface area (Å²) in [6.45, 7) is 0.964. The fourth-order valence-corrected chi connectivity index (χ4v) is 2.02. The molecule has 0 heterocycles. The Hall–Kier alpha value is -1.47. The lowest BCUT2D eigenvalue weighted by Gasteiger charge is -2.09. The molecule has 0 radical (unpaired) electrons. The van der Waals surface area contributed by atoms with Crippen LogP contribution in [-0.4, -0.2) is 35.9 Å². The molecule has 1 atom stereocenters. The van der Waals surface area contributed by atoms with Gasteiger partial charge in [0.1, 0.15) is 5.56 Å². The quantitative estimate of drug-likeness (QED) is 0.471. The first-order chi connectivity index (χ1) is 9.06. The van der Waals surface area contributed by atoms with Crippen LogP contribution in [0.25, 0.3) is 0 Å². The highest BCUT2D eigenvalue weighted by Gasteiger charge is 2.18. The third kappa shape index (κ3) is 4.96. The number of carbonyl (C=O) groups excluding carboxylic acids is 1. The van der Waals surface area contributed by atoms with Crippen molar-refractivity contribution in [3.63, 3.8) is 0 Å². The maximum atomic E-state index is 11.8. The predicted molar refractivity (Wildman–Crippen MR) is 74.6 cm³/mol. The molecule has 0 bridgehead atoms. The molecule has 1 aromatic rings. The molecule has 19 heavy (non-hydrogen) atoms. The van der Waals surface area contributed by atoms with Gasteiger partial charge in [0.05, 0.1) is 11.5 Å². The van der Waals surface area contributed by atoms with Crippen molar-refractivity contribution in [1.82, 2.24) is 5.32 Å². The van der Waals surface area contributed by atoms with Gasteiger partial charge in [-0.15, -0.1) is 0 Å². The van der Waals surface area contributed by atoms with Gasteiger partial charge < -0.3 is 10.1 Å². The van der Waals surface area contributed by atoms with E-state index < -0.39 is 10.8 Å². The Morgan fingerprint density at radius 1 is 1.53 bits per heavy atom. The van der Waals surface area contributed by atoms with Crippen LogP contribution in [0.2, 0.25) is 0 Å². The summed E-state index contributed by atoms with van der Waals surface area (Å²) in [5.74, 6) is -0.440. The number of alkyl halides is 1. The first kappa shape index (κ1) is 15.6. The Bertz CT molecular complexity index is 453. The van der Waals surface area contributed by atoms with E-state index in [4.69, 9.17) is 4.74 Å². The van der Waals surface area contributed by atoms with Crippen LogP contribution < -0.4 is 5.32 Å². The molecule has 104 valence electrons. The fourth-order valence-electron chi connectivity index (χ4n) is 1.53. The first-order valence-corrected chi connectivity index (χ1v) is 6.62. The number of carbonyl (C=O) groups is 1. The Morgan fingerprint density at radius 2 is 2.21 bits per heavy atom. The van der Waals surface area contributed by atoms with Crippen molar-refractivity contribution < 1.29 is 14.5 Å². The first-order valence-electron chi connectivity index (χ1n) is 5.71. The molecule has 0 aliphatic rings. The third-order valence-electron chi connectivity index (χ3n) is 2.44. The molecule has 0 spiro atoms.